The molecule has 286 valence electrons. The molecule has 0 spiro atoms. The van der Waals surface area contributed by atoms with Crippen molar-refractivity contribution in [1.82, 2.24) is 0 Å². The van der Waals surface area contributed by atoms with Crippen molar-refractivity contribution in [3.63, 3.8) is 0 Å². The lowest BCUT2D eigenvalue weighted by molar-refractivity contribution is -0.949. The van der Waals surface area contributed by atoms with Crippen LogP contribution in [-0.4, -0.2) is 108 Å². The van der Waals surface area contributed by atoms with E-state index in [1.807, 2.05) is 30.3 Å². The number of aldehydes is 1. The van der Waals surface area contributed by atoms with E-state index in [1.54, 1.807) is 6.08 Å². The van der Waals surface area contributed by atoms with E-state index in [0.717, 1.165) is 43.2 Å². The van der Waals surface area contributed by atoms with Gasteiger partial charge in [0.05, 0.1) is 19.3 Å². The number of rotatable bonds is 9. The van der Waals surface area contributed by atoms with E-state index >= 15 is 0 Å². The van der Waals surface area contributed by atoms with Crippen molar-refractivity contribution in [2.45, 2.75) is 126 Å². The minimum absolute atomic E-state index is 0.00805. The van der Waals surface area contributed by atoms with Crippen LogP contribution in [0.3, 0.4) is 0 Å². The Kier molecular flexibility index (Phi) is 8.53. The lowest BCUT2D eigenvalue weighted by Gasteiger charge is -2.63. The zero-order valence-electron chi connectivity index (χ0n) is 30.9. The Bertz CT molecular complexity index is 1680. The number of nitrogens with zero attached hydrogens (tertiary/aromatic N) is 1. The van der Waals surface area contributed by atoms with Gasteiger partial charge in [0.15, 0.2) is 6.54 Å². The number of aliphatic hydroxyl groups excluding tert-OH is 1. The van der Waals surface area contributed by atoms with Crippen LogP contribution >= 0.6 is 0 Å². The summed E-state index contributed by atoms with van der Waals surface area (Å²) in [4.78, 5) is 52.0. The predicted molar refractivity (Wildman–Crippen MR) is 189 cm³/mol. The molecule has 8 aliphatic rings. The lowest BCUT2D eigenvalue weighted by atomic mass is 9.43. The Balaban J connectivity index is 0.830. The average Bonchev–Trinajstić information content (AvgIpc) is 3.69. The van der Waals surface area contributed by atoms with Crippen LogP contribution < -0.4 is 0 Å². The van der Waals surface area contributed by atoms with Crippen molar-refractivity contribution in [1.29, 1.82) is 0 Å². The van der Waals surface area contributed by atoms with Crippen molar-refractivity contribution in [3.8, 4) is 0 Å². The van der Waals surface area contributed by atoms with Gasteiger partial charge < -0.3 is 38.4 Å². The van der Waals surface area contributed by atoms with Crippen LogP contribution in [0.15, 0.2) is 42.0 Å². The number of epoxide rings is 1. The highest BCUT2D eigenvalue weighted by Crippen LogP contribution is 2.69. The van der Waals surface area contributed by atoms with Crippen LogP contribution in [0, 0.1) is 34.5 Å². The first-order chi connectivity index (χ1) is 25.4. The Hall–Kier alpha value is -3.12. The summed E-state index contributed by atoms with van der Waals surface area (Å²) >= 11 is 0. The third-order valence-corrected chi connectivity index (χ3v) is 16.3. The molecule has 0 aromatic heterocycles. The number of carbonyl (C=O) groups is 4. The number of morpholine rings is 1. The number of piperidine rings is 1. The molecule has 4 heterocycles. The summed E-state index contributed by atoms with van der Waals surface area (Å²) in [6.07, 6.45) is 10.3. The third-order valence-electron chi connectivity index (χ3n) is 16.3. The Morgan fingerprint density at radius 2 is 1.72 bits per heavy atom. The summed E-state index contributed by atoms with van der Waals surface area (Å²) in [5, 5.41) is 22.5. The zero-order valence-corrected chi connectivity index (χ0v) is 30.9. The van der Waals surface area contributed by atoms with Crippen molar-refractivity contribution in [3.05, 3.63) is 47.5 Å². The number of quaternary nitrogens is 1. The Morgan fingerprint density at radius 1 is 0.962 bits per heavy atom. The molecular formula is C42H54NO10+. The van der Waals surface area contributed by atoms with E-state index in [9.17, 15) is 29.4 Å². The van der Waals surface area contributed by atoms with Gasteiger partial charge in [-0.2, -0.15) is 0 Å². The molecule has 4 aliphatic heterocycles. The molecule has 0 amide bonds. The maximum atomic E-state index is 13.7. The number of hydrogen-bond acceptors (Lipinski definition) is 10. The molecular weight excluding hydrogens is 678 g/mol. The molecule has 1 aromatic carbocycles. The van der Waals surface area contributed by atoms with Crippen LogP contribution in [0.5, 0.6) is 0 Å². The molecule has 1 aromatic rings. The van der Waals surface area contributed by atoms with Gasteiger partial charge in [-0.15, -0.1) is 0 Å². The maximum absolute atomic E-state index is 13.7. The third kappa shape index (κ3) is 5.34. The van der Waals surface area contributed by atoms with Crippen molar-refractivity contribution in [2.24, 2.45) is 34.5 Å². The van der Waals surface area contributed by atoms with Crippen molar-refractivity contribution >= 4 is 24.2 Å². The highest BCUT2D eigenvalue weighted by molar-refractivity contribution is 5.85. The zero-order chi connectivity index (χ0) is 36.9. The van der Waals surface area contributed by atoms with Gasteiger partial charge in [0.2, 0.25) is 0 Å². The molecule has 13 atom stereocenters. The maximum Gasteiger partial charge on any atom is 0.362 e. The number of hydrogen-bond donors (Lipinski definition) is 2. The summed E-state index contributed by atoms with van der Waals surface area (Å²) in [5.41, 5.74) is -0.0540. The molecule has 11 nitrogen and oxygen atoms in total. The number of benzene rings is 1. The van der Waals surface area contributed by atoms with Gasteiger partial charge in [0.25, 0.3) is 0 Å². The smallest absolute Gasteiger partial charge is 0.362 e. The summed E-state index contributed by atoms with van der Waals surface area (Å²) in [6.45, 7) is 2.41. The van der Waals surface area contributed by atoms with Gasteiger partial charge in [-0.1, -0.05) is 37.3 Å². The van der Waals surface area contributed by atoms with Crippen molar-refractivity contribution in [2.75, 3.05) is 26.8 Å². The van der Waals surface area contributed by atoms with E-state index in [-0.39, 0.29) is 90.7 Å². The molecule has 7 fully saturated rings. The largest absolute Gasteiger partial charge is 0.461 e. The minimum atomic E-state index is -0.895. The molecule has 2 bridgehead atoms. The van der Waals surface area contributed by atoms with Crippen molar-refractivity contribution < 1.29 is 52.8 Å². The number of fused-ring (bicyclic) bond motifs is 10. The van der Waals surface area contributed by atoms with Gasteiger partial charge in [-0.05, 0) is 92.6 Å². The number of ether oxygens (including phenoxy) is 4. The molecule has 0 unspecified atom stereocenters. The van der Waals surface area contributed by atoms with Crippen LogP contribution in [-0.2, 0) is 38.1 Å². The summed E-state index contributed by atoms with van der Waals surface area (Å²) in [7, 11) is 2.10. The minimum Gasteiger partial charge on any atom is -0.461 e. The molecule has 4 aliphatic carbocycles. The van der Waals surface area contributed by atoms with Crippen LogP contribution in [0.2, 0.25) is 0 Å². The van der Waals surface area contributed by atoms with Gasteiger partial charge in [0, 0.05) is 29.7 Å². The first kappa shape index (κ1) is 35.6. The SMILES string of the molecule is C[C@]12CC[C@@H]3[C@H](CC[C@H]4C[C@@H](OC(=O)C[N+]5(C)[C@H]6CC(OC(=O)[C@H](CO)c7ccccc7)C[C@H]5[C@@H]5O[C@H]56)CC[C@@]43C=O)[C@@]1(O)CC[C@H]2C1=CC(=O)OC1. The average molecular weight is 733 g/mol. The van der Waals surface area contributed by atoms with E-state index in [4.69, 9.17) is 18.9 Å². The molecule has 4 saturated carbocycles. The second-order valence-electron chi connectivity index (χ2n) is 18.3. The molecule has 2 N–H and O–H groups in total. The van der Waals surface area contributed by atoms with E-state index in [2.05, 4.69) is 14.0 Å². The second-order valence-corrected chi connectivity index (χ2v) is 18.3. The summed E-state index contributed by atoms with van der Waals surface area (Å²) in [6, 6.07) is 9.21. The van der Waals surface area contributed by atoms with Gasteiger partial charge in [-0.25, -0.2) is 9.59 Å². The van der Waals surface area contributed by atoms with Gasteiger partial charge in [-0.3, -0.25) is 4.79 Å². The molecule has 53 heavy (non-hydrogen) atoms. The fourth-order valence-corrected chi connectivity index (χ4v) is 13.5. The molecule has 9 rings (SSSR count). The first-order valence-electron chi connectivity index (χ1n) is 20.1. The molecule has 11 heteroatoms. The summed E-state index contributed by atoms with van der Waals surface area (Å²) < 4.78 is 24.1. The van der Waals surface area contributed by atoms with E-state index in [1.165, 1.54) is 6.29 Å². The number of cyclic esters (lactones) is 1. The predicted octanol–water partition coefficient (Wildman–Crippen LogP) is 3.78. The number of carbonyl (C=O) groups excluding carboxylic acids is 4. The fourth-order valence-electron chi connectivity index (χ4n) is 13.5. The molecule has 0 radical (unpaired) electrons. The Labute approximate surface area is 310 Å². The topological polar surface area (TPSA) is 149 Å². The van der Waals surface area contributed by atoms with Crippen LogP contribution in [0.1, 0.15) is 89.0 Å². The van der Waals surface area contributed by atoms with Gasteiger partial charge in [0.1, 0.15) is 55.3 Å². The van der Waals surface area contributed by atoms with Gasteiger partial charge >= 0.3 is 17.9 Å². The highest BCUT2D eigenvalue weighted by atomic mass is 16.6. The van der Waals surface area contributed by atoms with E-state index < -0.39 is 22.9 Å². The lowest BCUT2D eigenvalue weighted by Crippen LogP contribution is -2.64. The van der Waals surface area contributed by atoms with Crippen LogP contribution in [0.4, 0.5) is 0 Å². The normalized spacial score (nSPS) is 46.8. The van der Waals surface area contributed by atoms with E-state index in [0.29, 0.717) is 49.6 Å². The quantitative estimate of drug-likeness (QED) is 0.126. The fraction of sp³-hybridized carbons (Fsp3) is 0.714. The molecule has 3 saturated heterocycles. The second kappa shape index (κ2) is 12.7. The standard InChI is InChI=1S/C42H54NO10/c1-40-13-11-31-32(42(40,49)15-12-30(40)25-16-35(46)50-22-25)9-8-26-17-27(10-14-41(26,31)23-45)51-36(47)20-43(2)33-18-28(19-34(43)38-37(33)53-38)52-39(48)29(21-44)24-6-4-3-5-7-24/h3-7,16,23,26-34,37-38,44,49H,8-15,17-22H2,1-2H3/q+1/t26-,27-,28?,29+,30-,31+,32-,33-,34-,37-,38-,40+,41+,42-,43?/m0/s1. The first-order valence-corrected chi connectivity index (χ1v) is 20.1. The monoisotopic (exact) mass is 732 g/mol. The number of aliphatic hydroxyl groups is 2. The number of esters is 3. The Morgan fingerprint density at radius 3 is 2.40 bits per heavy atom. The highest BCUT2D eigenvalue weighted by Gasteiger charge is 2.73. The number of likely N-dealkylation sites (N-methyl/N-ethyl adjacent to an activating group) is 1. The summed E-state index contributed by atoms with van der Waals surface area (Å²) in [5.74, 6) is -1.36. The van der Waals surface area contributed by atoms with Crippen LogP contribution in [0.25, 0.3) is 0 Å².